The number of carbonyl (C=O) groups excluding carboxylic acids is 2. The van der Waals surface area contributed by atoms with E-state index in [9.17, 15) is 9.59 Å². The second-order valence-corrected chi connectivity index (χ2v) is 7.36. The molecular weight excluding hydrogens is 344 g/mol. The van der Waals surface area contributed by atoms with E-state index in [0.717, 1.165) is 18.4 Å². The van der Waals surface area contributed by atoms with E-state index < -0.39 is 5.41 Å². The molecule has 4 rings (SSSR count). The predicted molar refractivity (Wildman–Crippen MR) is 105 cm³/mol. The number of benzene rings is 2. The largest absolute Gasteiger partial charge is 0.325 e. The molecule has 1 aliphatic rings. The van der Waals surface area contributed by atoms with Gasteiger partial charge in [0.25, 0.3) is 5.91 Å². The molecule has 1 aliphatic carbocycles. The van der Waals surface area contributed by atoms with E-state index in [1.165, 1.54) is 11.3 Å². The molecule has 0 bridgehead atoms. The molecule has 0 radical (unpaired) electrons. The number of thiophene rings is 1. The van der Waals surface area contributed by atoms with Crippen LogP contribution in [0.4, 0.5) is 11.4 Å². The Hall–Kier alpha value is -2.92. The molecule has 1 fully saturated rings. The lowest BCUT2D eigenvalue weighted by Gasteiger charge is -2.16. The SMILES string of the molecule is O=C(Nc1cccc(NC(=O)C2(c3ccccc3)CC2)c1)c1cccs1. The second-order valence-electron chi connectivity index (χ2n) is 6.41. The van der Waals surface area contributed by atoms with Crippen LogP contribution in [0.25, 0.3) is 0 Å². The average molecular weight is 362 g/mol. The number of hydrogen-bond acceptors (Lipinski definition) is 3. The van der Waals surface area contributed by atoms with Crippen molar-refractivity contribution in [1.82, 2.24) is 0 Å². The van der Waals surface area contributed by atoms with Crippen LogP contribution in [-0.4, -0.2) is 11.8 Å². The maximum absolute atomic E-state index is 12.8. The van der Waals surface area contributed by atoms with E-state index in [1.54, 1.807) is 12.1 Å². The van der Waals surface area contributed by atoms with Gasteiger partial charge in [-0.15, -0.1) is 11.3 Å². The third-order valence-corrected chi connectivity index (χ3v) is 5.50. The normalized spacial score (nSPS) is 14.5. The molecule has 0 atom stereocenters. The summed E-state index contributed by atoms with van der Waals surface area (Å²) in [6, 6.07) is 20.8. The van der Waals surface area contributed by atoms with Gasteiger partial charge in [-0.05, 0) is 48.1 Å². The van der Waals surface area contributed by atoms with Gasteiger partial charge in [-0.25, -0.2) is 0 Å². The zero-order valence-corrected chi connectivity index (χ0v) is 14.9. The van der Waals surface area contributed by atoms with Crippen molar-refractivity contribution in [2.45, 2.75) is 18.3 Å². The van der Waals surface area contributed by atoms with Gasteiger partial charge in [-0.1, -0.05) is 42.5 Å². The van der Waals surface area contributed by atoms with Gasteiger partial charge >= 0.3 is 0 Å². The van der Waals surface area contributed by atoms with Crippen molar-refractivity contribution in [3.05, 3.63) is 82.6 Å². The van der Waals surface area contributed by atoms with Gasteiger partial charge in [0.1, 0.15) is 0 Å². The topological polar surface area (TPSA) is 58.2 Å². The molecule has 2 N–H and O–H groups in total. The number of hydrogen-bond donors (Lipinski definition) is 2. The molecule has 5 heteroatoms. The molecule has 0 spiro atoms. The van der Waals surface area contributed by atoms with Crippen molar-refractivity contribution >= 4 is 34.5 Å². The first-order chi connectivity index (χ1) is 12.7. The molecule has 0 unspecified atom stereocenters. The van der Waals surface area contributed by atoms with Crippen LogP contribution in [0.15, 0.2) is 72.1 Å². The van der Waals surface area contributed by atoms with Crippen molar-refractivity contribution in [1.29, 1.82) is 0 Å². The highest BCUT2D eigenvalue weighted by molar-refractivity contribution is 7.12. The lowest BCUT2D eigenvalue weighted by atomic mass is 9.95. The van der Waals surface area contributed by atoms with Crippen LogP contribution < -0.4 is 10.6 Å². The maximum Gasteiger partial charge on any atom is 0.265 e. The Morgan fingerprint density at radius 3 is 2.23 bits per heavy atom. The summed E-state index contributed by atoms with van der Waals surface area (Å²) in [6.07, 6.45) is 1.72. The number of amides is 2. The summed E-state index contributed by atoms with van der Waals surface area (Å²) >= 11 is 1.39. The minimum atomic E-state index is -0.419. The van der Waals surface area contributed by atoms with Crippen molar-refractivity contribution in [2.75, 3.05) is 10.6 Å². The molecule has 1 aromatic heterocycles. The van der Waals surface area contributed by atoms with Crippen LogP contribution in [0.1, 0.15) is 28.1 Å². The van der Waals surface area contributed by atoms with Gasteiger partial charge in [0.15, 0.2) is 0 Å². The smallest absolute Gasteiger partial charge is 0.265 e. The van der Waals surface area contributed by atoms with Crippen molar-refractivity contribution in [3.63, 3.8) is 0 Å². The molecule has 130 valence electrons. The zero-order chi connectivity index (χ0) is 18.0. The predicted octanol–water partition coefficient (Wildman–Crippen LogP) is 4.67. The summed E-state index contributed by atoms with van der Waals surface area (Å²) in [5.41, 5.74) is 1.98. The summed E-state index contributed by atoms with van der Waals surface area (Å²) in [5.74, 6) is -0.142. The third kappa shape index (κ3) is 3.26. The first-order valence-electron chi connectivity index (χ1n) is 8.49. The highest BCUT2D eigenvalue weighted by Crippen LogP contribution is 2.48. The Kier molecular flexibility index (Phi) is 4.31. The number of rotatable bonds is 5. The van der Waals surface area contributed by atoms with Gasteiger partial charge in [-0.3, -0.25) is 9.59 Å². The van der Waals surface area contributed by atoms with E-state index >= 15 is 0 Å². The molecule has 2 aromatic carbocycles. The van der Waals surface area contributed by atoms with Gasteiger partial charge in [0.05, 0.1) is 10.3 Å². The lowest BCUT2D eigenvalue weighted by molar-refractivity contribution is -0.118. The molecule has 26 heavy (non-hydrogen) atoms. The Bertz CT molecular complexity index is 932. The summed E-state index contributed by atoms with van der Waals surface area (Å²) in [5, 5.41) is 7.73. The van der Waals surface area contributed by atoms with Crippen molar-refractivity contribution in [2.24, 2.45) is 0 Å². The second kappa shape index (κ2) is 6.77. The average Bonchev–Trinajstić information content (AvgIpc) is 3.29. The summed E-state index contributed by atoms with van der Waals surface area (Å²) < 4.78 is 0. The Morgan fingerprint density at radius 1 is 0.846 bits per heavy atom. The zero-order valence-electron chi connectivity index (χ0n) is 14.1. The molecule has 2 amide bonds. The first kappa shape index (κ1) is 16.5. The summed E-state index contributed by atoms with van der Waals surface area (Å²) in [7, 11) is 0. The van der Waals surface area contributed by atoms with E-state index in [4.69, 9.17) is 0 Å². The molecule has 1 saturated carbocycles. The monoisotopic (exact) mass is 362 g/mol. The van der Waals surface area contributed by atoms with Crippen LogP contribution >= 0.6 is 11.3 Å². The fraction of sp³-hybridized carbons (Fsp3) is 0.143. The van der Waals surface area contributed by atoms with E-state index in [2.05, 4.69) is 10.6 Å². The first-order valence-corrected chi connectivity index (χ1v) is 9.37. The summed E-state index contributed by atoms with van der Waals surface area (Å²) in [6.45, 7) is 0. The molecule has 4 nitrogen and oxygen atoms in total. The Balaban J connectivity index is 1.47. The van der Waals surface area contributed by atoms with Crippen LogP contribution in [0.2, 0.25) is 0 Å². The van der Waals surface area contributed by atoms with E-state index in [1.807, 2.05) is 60.0 Å². The maximum atomic E-state index is 12.8. The van der Waals surface area contributed by atoms with Gasteiger partial charge < -0.3 is 10.6 Å². The van der Waals surface area contributed by atoms with Gasteiger partial charge in [0.2, 0.25) is 5.91 Å². The highest BCUT2D eigenvalue weighted by atomic mass is 32.1. The Morgan fingerprint density at radius 2 is 1.58 bits per heavy atom. The van der Waals surface area contributed by atoms with Crippen LogP contribution in [0.3, 0.4) is 0 Å². The van der Waals surface area contributed by atoms with Crippen molar-refractivity contribution < 1.29 is 9.59 Å². The fourth-order valence-electron chi connectivity index (χ4n) is 3.05. The number of nitrogens with one attached hydrogen (secondary N) is 2. The van der Waals surface area contributed by atoms with Crippen LogP contribution in [-0.2, 0) is 10.2 Å². The van der Waals surface area contributed by atoms with Crippen LogP contribution in [0, 0.1) is 0 Å². The fourth-order valence-corrected chi connectivity index (χ4v) is 3.67. The minimum absolute atomic E-state index is 0.00503. The summed E-state index contributed by atoms with van der Waals surface area (Å²) in [4.78, 5) is 25.6. The minimum Gasteiger partial charge on any atom is -0.325 e. The molecular formula is C21H18N2O2S. The highest BCUT2D eigenvalue weighted by Gasteiger charge is 2.51. The Labute approximate surface area is 155 Å². The van der Waals surface area contributed by atoms with Crippen molar-refractivity contribution in [3.8, 4) is 0 Å². The number of anilines is 2. The van der Waals surface area contributed by atoms with E-state index in [0.29, 0.717) is 16.3 Å². The molecule has 0 aliphatic heterocycles. The lowest BCUT2D eigenvalue weighted by Crippen LogP contribution is -2.27. The standard InChI is InChI=1S/C21H18N2O2S/c24-19(18-10-5-13-26-18)22-16-8-4-9-17(14-16)23-20(25)21(11-12-21)15-6-2-1-3-7-15/h1-10,13-14H,11-12H2,(H,22,24)(H,23,25). The van der Waals surface area contributed by atoms with Crippen LogP contribution in [0.5, 0.6) is 0 Å². The molecule has 0 saturated heterocycles. The molecule has 3 aromatic rings. The number of carbonyl (C=O) groups is 2. The van der Waals surface area contributed by atoms with E-state index in [-0.39, 0.29) is 11.8 Å². The quantitative estimate of drug-likeness (QED) is 0.693. The van der Waals surface area contributed by atoms with Gasteiger partial charge in [-0.2, -0.15) is 0 Å². The van der Waals surface area contributed by atoms with Gasteiger partial charge in [0, 0.05) is 11.4 Å². The third-order valence-electron chi connectivity index (χ3n) is 4.63. The molecule has 1 heterocycles.